The minimum atomic E-state index is -0.792. The van der Waals surface area contributed by atoms with Gasteiger partial charge in [-0.25, -0.2) is 0 Å². The predicted molar refractivity (Wildman–Crippen MR) is 72.8 cm³/mol. The van der Waals surface area contributed by atoms with Gasteiger partial charge in [0.15, 0.2) is 5.78 Å². The fraction of sp³-hybridized carbons (Fsp3) is 0.429. The molecular formula is C14H17ClO4. The Labute approximate surface area is 117 Å². The molecule has 0 atom stereocenters. The zero-order valence-corrected chi connectivity index (χ0v) is 11.3. The first-order chi connectivity index (χ1) is 9.00. The molecule has 0 aliphatic heterocycles. The van der Waals surface area contributed by atoms with Gasteiger partial charge in [0.1, 0.15) is 5.75 Å². The molecule has 0 radical (unpaired) electrons. The quantitative estimate of drug-likeness (QED) is 0.564. The number of carboxylic acids is 1. The van der Waals surface area contributed by atoms with Crippen LogP contribution in [0.15, 0.2) is 18.2 Å². The van der Waals surface area contributed by atoms with E-state index in [1.165, 1.54) is 18.2 Å². The van der Waals surface area contributed by atoms with E-state index in [9.17, 15) is 14.7 Å². The maximum Gasteiger partial charge on any atom is 0.303 e. The van der Waals surface area contributed by atoms with Crippen molar-refractivity contribution in [2.24, 2.45) is 0 Å². The summed E-state index contributed by atoms with van der Waals surface area (Å²) in [5, 5.41) is 18.5. The second kappa shape index (κ2) is 7.79. The minimum Gasteiger partial charge on any atom is -0.507 e. The third-order valence-electron chi connectivity index (χ3n) is 2.80. The van der Waals surface area contributed by atoms with Gasteiger partial charge in [0, 0.05) is 17.9 Å². The van der Waals surface area contributed by atoms with Crippen LogP contribution in [-0.2, 0) is 4.79 Å². The number of aliphatic carboxylic acids is 1. The Morgan fingerprint density at radius 2 is 1.68 bits per heavy atom. The van der Waals surface area contributed by atoms with Crippen LogP contribution in [0.1, 0.15) is 48.9 Å². The number of ketones is 1. The predicted octanol–water partition coefficient (Wildman–Crippen LogP) is 3.65. The lowest BCUT2D eigenvalue weighted by atomic mass is 10.0. The van der Waals surface area contributed by atoms with Gasteiger partial charge in [0.2, 0.25) is 0 Å². The standard InChI is InChI=1S/C14H17ClO4/c15-10-7-8-13(17)11(9-10)12(16)5-3-1-2-4-6-14(18)19/h7-9,17H,1-6H2,(H,18,19). The van der Waals surface area contributed by atoms with Gasteiger partial charge in [0.05, 0.1) is 5.56 Å². The molecule has 0 amide bonds. The topological polar surface area (TPSA) is 74.6 Å². The van der Waals surface area contributed by atoms with Crippen LogP contribution in [0.25, 0.3) is 0 Å². The van der Waals surface area contributed by atoms with Crippen LogP contribution in [-0.4, -0.2) is 22.0 Å². The zero-order chi connectivity index (χ0) is 14.3. The molecule has 104 valence electrons. The molecule has 5 heteroatoms. The number of halogens is 1. The number of rotatable bonds is 8. The van der Waals surface area contributed by atoms with E-state index in [0.29, 0.717) is 24.3 Å². The highest BCUT2D eigenvalue weighted by atomic mass is 35.5. The van der Waals surface area contributed by atoms with Gasteiger partial charge in [-0.15, -0.1) is 0 Å². The average Bonchev–Trinajstić information content (AvgIpc) is 2.36. The van der Waals surface area contributed by atoms with Crippen molar-refractivity contribution in [1.82, 2.24) is 0 Å². The third-order valence-corrected chi connectivity index (χ3v) is 3.04. The molecule has 0 aliphatic rings. The van der Waals surface area contributed by atoms with Gasteiger partial charge in [-0.05, 0) is 31.0 Å². The molecule has 0 spiro atoms. The van der Waals surface area contributed by atoms with Crippen LogP contribution < -0.4 is 0 Å². The maximum absolute atomic E-state index is 11.8. The third kappa shape index (κ3) is 5.75. The van der Waals surface area contributed by atoms with E-state index in [0.717, 1.165) is 12.8 Å². The largest absolute Gasteiger partial charge is 0.507 e. The molecule has 0 bridgehead atoms. The summed E-state index contributed by atoms with van der Waals surface area (Å²) in [7, 11) is 0. The number of phenols is 1. The Kier molecular flexibility index (Phi) is 6.36. The lowest BCUT2D eigenvalue weighted by molar-refractivity contribution is -0.137. The van der Waals surface area contributed by atoms with E-state index < -0.39 is 5.97 Å². The maximum atomic E-state index is 11.8. The molecule has 0 saturated carbocycles. The number of hydrogen-bond acceptors (Lipinski definition) is 3. The molecule has 1 rings (SSSR count). The Morgan fingerprint density at radius 3 is 2.32 bits per heavy atom. The number of carbonyl (C=O) groups is 2. The fourth-order valence-electron chi connectivity index (χ4n) is 1.78. The minimum absolute atomic E-state index is 0.0553. The van der Waals surface area contributed by atoms with Crippen molar-refractivity contribution in [3.8, 4) is 5.75 Å². The fourth-order valence-corrected chi connectivity index (χ4v) is 1.95. The molecule has 1 aromatic carbocycles. The van der Waals surface area contributed by atoms with Crippen molar-refractivity contribution in [1.29, 1.82) is 0 Å². The summed E-state index contributed by atoms with van der Waals surface area (Å²) in [5.74, 6) is -0.988. The summed E-state index contributed by atoms with van der Waals surface area (Å²) in [4.78, 5) is 22.1. The van der Waals surface area contributed by atoms with Crippen LogP contribution in [0.3, 0.4) is 0 Å². The monoisotopic (exact) mass is 284 g/mol. The van der Waals surface area contributed by atoms with Crippen molar-refractivity contribution >= 4 is 23.4 Å². The summed E-state index contributed by atoms with van der Waals surface area (Å²) >= 11 is 5.77. The van der Waals surface area contributed by atoms with Gasteiger partial charge >= 0.3 is 5.97 Å². The number of benzene rings is 1. The van der Waals surface area contributed by atoms with E-state index in [4.69, 9.17) is 16.7 Å². The number of phenolic OH excluding ortho intramolecular Hbond substituents is 1. The molecule has 0 fully saturated rings. The summed E-state index contributed by atoms with van der Waals surface area (Å²) in [5.41, 5.74) is 0.248. The molecule has 19 heavy (non-hydrogen) atoms. The lowest BCUT2D eigenvalue weighted by Gasteiger charge is -2.04. The van der Waals surface area contributed by atoms with Crippen LogP contribution in [0.2, 0.25) is 5.02 Å². The van der Waals surface area contributed by atoms with Crippen LogP contribution in [0.5, 0.6) is 5.75 Å². The molecule has 0 aromatic heterocycles. The summed E-state index contributed by atoms with van der Waals surface area (Å²) in [6.07, 6.45) is 3.42. The lowest BCUT2D eigenvalue weighted by Crippen LogP contribution is -2.00. The Balaban J connectivity index is 2.31. The smallest absolute Gasteiger partial charge is 0.303 e. The normalized spacial score (nSPS) is 10.4. The SMILES string of the molecule is O=C(O)CCCCCCC(=O)c1cc(Cl)ccc1O. The Morgan fingerprint density at radius 1 is 1.05 bits per heavy atom. The summed E-state index contributed by atoms with van der Waals surface area (Å²) in [6, 6.07) is 4.39. The number of unbranched alkanes of at least 4 members (excludes halogenated alkanes) is 3. The number of Topliss-reactive ketones (excluding diaryl/α,β-unsaturated/α-hetero) is 1. The van der Waals surface area contributed by atoms with Crippen molar-refractivity contribution in [3.05, 3.63) is 28.8 Å². The molecular weight excluding hydrogens is 268 g/mol. The molecule has 4 nitrogen and oxygen atoms in total. The van der Waals surface area contributed by atoms with E-state index in [-0.39, 0.29) is 23.5 Å². The zero-order valence-electron chi connectivity index (χ0n) is 10.6. The second-order valence-corrected chi connectivity index (χ2v) is 4.83. The number of carboxylic acid groups (broad SMARTS) is 1. The number of carbonyl (C=O) groups excluding carboxylic acids is 1. The first kappa shape index (κ1) is 15.5. The number of aromatic hydroxyl groups is 1. The van der Waals surface area contributed by atoms with E-state index >= 15 is 0 Å². The van der Waals surface area contributed by atoms with E-state index in [1.54, 1.807) is 0 Å². The molecule has 0 aliphatic carbocycles. The van der Waals surface area contributed by atoms with Crippen molar-refractivity contribution in [2.45, 2.75) is 38.5 Å². The van der Waals surface area contributed by atoms with Crippen molar-refractivity contribution in [3.63, 3.8) is 0 Å². The van der Waals surface area contributed by atoms with Gasteiger partial charge < -0.3 is 10.2 Å². The first-order valence-corrected chi connectivity index (χ1v) is 6.62. The highest BCUT2D eigenvalue weighted by Gasteiger charge is 2.11. The molecule has 0 heterocycles. The second-order valence-electron chi connectivity index (χ2n) is 4.39. The Hall–Kier alpha value is -1.55. The highest BCUT2D eigenvalue weighted by molar-refractivity contribution is 6.31. The molecule has 2 N–H and O–H groups in total. The number of hydrogen-bond donors (Lipinski definition) is 2. The summed E-state index contributed by atoms with van der Waals surface area (Å²) < 4.78 is 0. The van der Waals surface area contributed by atoms with Gasteiger partial charge in [-0.2, -0.15) is 0 Å². The van der Waals surface area contributed by atoms with Gasteiger partial charge in [-0.3, -0.25) is 9.59 Å². The van der Waals surface area contributed by atoms with Crippen LogP contribution in [0, 0.1) is 0 Å². The van der Waals surface area contributed by atoms with E-state index in [2.05, 4.69) is 0 Å². The molecule has 1 aromatic rings. The summed E-state index contributed by atoms with van der Waals surface area (Å²) in [6.45, 7) is 0. The van der Waals surface area contributed by atoms with Crippen LogP contribution >= 0.6 is 11.6 Å². The van der Waals surface area contributed by atoms with Crippen molar-refractivity contribution in [2.75, 3.05) is 0 Å². The van der Waals surface area contributed by atoms with Crippen LogP contribution in [0.4, 0.5) is 0 Å². The molecule has 0 unspecified atom stereocenters. The van der Waals surface area contributed by atoms with Gasteiger partial charge in [0.25, 0.3) is 0 Å². The van der Waals surface area contributed by atoms with Crippen molar-refractivity contribution < 1.29 is 19.8 Å². The van der Waals surface area contributed by atoms with Gasteiger partial charge in [-0.1, -0.05) is 24.4 Å². The van der Waals surface area contributed by atoms with E-state index in [1.807, 2.05) is 0 Å². The molecule has 0 saturated heterocycles. The Bertz CT molecular complexity index is 457. The first-order valence-electron chi connectivity index (χ1n) is 6.24. The average molecular weight is 285 g/mol. The highest BCUT2D eigenvalue weighted by Crippen LogP contribution is 2.23.